The fourth-order valence-corrected chi connectivity index (χ4v) is 2.51. The van der Waals surface area contributed by atoms with Gasteiger partial charge in [-0.05, 0) is 29.3 Å². The highest BCUT2D eigenvalue weighted by molar-refractivity contribution is 6.06. The molecule has 1 heterocycles. The highest BCUT2D eigenvalue weighted by Gasteiger charge is 2.38. The molecule has 6 heteroatoms. The zero-order valence-electron chi connectivity index (χ0n) is 12.9. The highest BCUT2D eigenvalue weighted by atomic mass is 19.4. The molecule has 3 rings (SSSR count). The molecule has 0 fully saturated rings. The van der Waals surface area contributed by atoms with Gasteiger partial charge < -0.3 is 5.11 Å². The molecule has 2 aromatic rings. The van der Waals surface area contributed by atoms with E-state index in [0.29, 0.717) is 0 Å². The minimum Gasteiger partial charge on any atom is -0.475 e. The third-order valence-corrected chi connectivity index (χ3v) is 3.97. The average Bonchev–Trinajstić information content (AvgIpc) is 2.69. The van der Waals surface area contributed by atoms with Crippen molar-refractivity contribution in [3.8, 4) is 0 Å². The van der Waals surface area contributed by atoms with Crippen LogP contribution in [0, 0.1) is 0 Å². The SMILES string of the molecule is CC1=Nc2ccc3ccccc3c2C1(C)C.O=C(O)C(F)(F)F. The van der Waals surface area contributed by atoms with Crippen molar-refractivity contribution < 1.29 is 23.1 Å². The van der Waals surface area contributed by atoms with Crippen molar-refractivity contribution >= 4 is 28.1 Å². The molecule has 0 radical (unpaired) electrons. The Labute approximate surface area is 131 Å². The molecule has 1 aliphatic rings. The topological polar surface area (TPSA) is 49.7 Å². The zero-order valence-corrected chi connectivity index (χ0v) is 12.9. The van der Waals surface area contributed by atoms with Gasteiger partial charge in [0.25, 0.3) is 0 Å². The van der Waals surface area contributed by atoms with Crippen molar-refractivity contribution in [1.29, 1.82) is 0 Å². The number of benzene rings is 2. The van der Waals surface area contributed by atoms with Gasteiger partial charge in [0.2, 0.25) is 0 Å². The van der Waals surface area contributed by atoms with Gasteiger partial charge in [-0.25, -0.2) is 4.79 Å². The van der Waals surface area contributed by atoms with Crippen molar-refractivity contribution in [1.82, 2.24) is 0 Å². The summed E-state index contributed by atoms with van der Waals surface area (Å²) in [6, 6.07) is 12.8. The van der Waals surface area contributed by atoms with Gasteiger partial charge in [-0.3, -0.25) is 4.99 Å². The number of aliphatic carboxylic acids is 1. The summed E-state index contributed by atoms with van der Waals surface area (Å²) in [5, 5.41) is 9.77. The van der Waals surface area contributed by atoms with E-state index in [1.165, 1.54) is 22.0 Å². The Morgan fingerprint density at radius 1 is 1.13 bits per heavy atom. The summed E-state index contributed by atoms with van der Waals surface area (Å²) in [5.41, 5.74) is 3.79. The molecule has 1 aliphatic heterocycles. The largest absolute Gasteiger partial charge is 0.490 e. The number of carbonyl (C=O) groups is 1. The second-order valence-electron chi connectivity index (χ2n) is 5.81. The number of aliphatic imine (C=N–C) groups is 1. The van der Waals surface area contributed by atoms with Gasteiger partial charge >= 0.3 is 12.1 Å². The Morgan fingerprint density at radius 3 is 2.26 bits per heavy atom. The maximum atomic E-state index is 10.6. The number of hydrogen-bond acceptors (Lipinski definition) is 2. The fraction of sp³-hybridized carbons (Fsp3) is 0.294. The van der Waals surface area contributed by atoms with Crippen LogP contribution < -0.4 is 0 Å². The maximum Gasteiger partial charge on any atom is 0.490 e. The molecule has 2 aromatic carbocycles. The van der Waals surface area contributed by atoms with Crippen LogP contribution in [0.1, 0.15) is 26.3 Å². The monoisotopic (exact) mass is 323 g/mol. The smallest absolute Gasteiger partial charge is 0.475 e. The van der Waals surface area contributed by atoms with Gasteiger partial charge in [-0.1, -0.05) is 44.2 Å². The van der Waals surface area contributed by atoms with Crippen LogP contribution in [0.2, 0.25) is 0 Å². The molecule has 0 spiro atoms. The average molecular weight is 323 g/mol. The summed E-state index contributed by atoms with van der Waals surface area (Å²) in [7, 11) is 0. The van der Waals surface area contributed by atoms with Crippen molar-refractivity contribution in [2.45, 2.75) is 32.4 Å². The Bertz CT molecular complexity index is 792. The number of alkyl halides is 3. The number of nitrogens with zero attached hydrogens (tertiary/aromatic N) is 1. The van der Waals surface area contributed by atoms with Crippen LogP contribution in [0.15, 0.2) is 41.4 Å². The molecule has 0 aromatic heterocycles. The van der Waals surface area contributed by atoms with Crippen LogP contribution in [-0.2, 0) is 10.2 Å². The van der Waals surface area contributed by atoms with Crippen LogP contribution in [0.25, 0.3) is 10.8 Å². The first-order chi connectivity index (χ1) is 10.5. The van der Waals surface area contributed by atoms with E-state index in [4.69, 9.17) is 9.90 Å². The normalized spacial score (nSPS) is 15.5. The first-order valence-corrected chi connectivity index (χ1v) is 6.93. The van der Waals surface area contributed by atoms with Crippen molar-refractivity contribution in [3.63, 3.8) is 0 Å². The molecule has 23 heavy (non-hydrogen) atoms. The minimum absolute atomic E-state index is 0.0657. The highest BCUT2D eigenvalue weighted by Crippen LogP contribution is 2.43. The van der Waals surface area contributed by atoms with Crippen LogP contribution in [0.4, 0.5) is 18.9 Å². The van der Waals surface area contributed by atoms with E-state index >= 15 is 0 Å². The zero-order chi connectivity index (χ0) is 17.4. The Balaban J connectivity index is 0.000000236. The third kappa shape index (κ3) is 3.21. The molecule has 0 unspecified atom stereocenters. The lowest BCUT2D eigenvalue weighted by Gasteiger charge is -2.21. The summed E-state index contributed by atoms with van der Waals surface area (Å²) in [5.74, 6) is -2.76. The molecule has 0 bridgehead atoms. The summed E-state index contributed by atoms with van der Waals surface area (Å²) in [6.45, 7) is 6.63. The molecule has 1 N–H and O–H groups in total. The Kier molecular flexibility index (Phi) is 4.20. The number of carboxylic acids is 1. The van der Waals surface area contributed by atoms with Crippen molar-refractivity contribution in [3.05, 3.63) is 42.0 Å². The lowest BCUT2D eigenvalue weighted by atomic mass is 9.80. The van der Waals surface area contributed by atoms with Gasteiger partial charge in [0.15, 0.2) is 0 Å². The Morgan fingerprint density at radius 2 is 1.70 bits per heavy atom. The lowest BCUT2D eigenvalue weighted by molar-refractivity contribution is -0.192. The van der Waals surface area contributed by atoms with Crippen LogP contribution >= 0.6 is 0 Å². The van der Waals surface area contributed by atoms with Crippen LogP contribution in [-0.4, -0.2) is 23.0 Å². The van der Waals surface area contributed by atoms with E-state index in [9.17, 15) is 13.2 Å². The van der Waals surface area contributed by atoms with E-state index in [1.54, 1.807) is 0 Å². The van der Waals surface area contributed by atoms with E-state index in [1.807, 2.05) is 0 Å². The molecule has 0 saturated carbocycles. The fourth-order valence-electron chi connectivity index (χ4n) is 2.51. The minimum atomic E-state index is -5.08. The van der Waals surface area contributed by atoms with E-state index in [-0.39, 0.29) is 5.41 Å². The predicted molar refractivity (Wildman–Crippen MR) is 83.4 cm³/mol. The van der Waals surface area contributed by atoms with Crippen molar-refractivity contribution in [2.24, 2.45) is 4.99 Å². The molecular formula is C17H16F3NO2. The quantitative estimate of drug-likeness (QED) is 0.753. The molecular weight excluding hydrogens is 307 g/mol. The molecule has 3 nitrogen and oxygen atoms in total. The summed E-state index contributed by atoms with van der Waals surface area (Å²) < 4.78 is 31.7. The van der Waals surface area contributed by atoms with Gasteiger partial charge in [0.1, 0.15) is 0 Å². The van der Waals surface area contributed by atoms with Gasteiger partial charge in [0.05, 0.1) is 5.69 Å². The summed E-state index contributed by atoms with van der Waals surface area (Å²) in [4.78, 5) is 13.6. The van der Waals surface area contributed by atoms with E-state index in [2.05, 4.69) is 62.2 Å². The molecule has 0 aliphatic carbocycles. The number of fused-ring (bicyclic) bond motifs is 3. The van der Waals surface area contributed by atoms with Gasteiger partial charge in [-0.2, -0.15) is 13.2 Å². The molecule has 122 valence electrons. The number of carboxylic acid groups (broad SMARTS) is 1. The second kappa shape index (κ2) is 5.68. The van der Waals surface area contributed by atoms with E-state index < -0.39 is 12.1 Å². The first-order valence-electron chi connectivity index (χ1n) is 6.93. The lowest BCUT2D eigenvalue weighted by Crippen LogP contribution is -2.22. The predicted octanol–water partition coefficient (Wildman–Crippen LogP) is 4.86. The third-order valence-electron chi connectivity index (χ3n) is 3.97. The van der Waals surface area contributed by atoms with Gasteiger partial charge in [0, 0.05) is 11.1 Å². The second-order valence-corrected chi connectivity index (χ2v) is 5.81. The first kappa shape index (κ1) is 17.0. The maximum absolute atomic E-state index is 10.6. The number of halogens is 3. The molecule has 0 saturated heterocycles. The number of hydrogen-bond donors (Lipinski definition) is 1. The van der Waals surface area contributed by atoms with Gasteiger partial charge in [-0.15, -0.1) is 0 Å². The molecule has 0 atom stereocenters. The van der Waals surface area contributed by atoms with Crippen molar-refractivity contribution in [2.75, 3.05) is 0 Å². The van der Waals surface area contributed by atoms with Crippen LogP contribution in [0.5, 0.6) is 0 Å². The Hall–Kier alpha value is -2.37. The van der Waals surface area contributed by atoms with Crippen LogP contribution in [0.3, 0.4) is 0 Å². The summed E-state index contributed by atoms with van der Waals surface area (Å²) >= 11 is 0. The summed E-state index contributed by atoms with van der Waals surface area (Å²) in [6.07, 6.45) is -5.08. The van der Waals surface area contributed by atoms with E-state index in [0.717, 1.165) is 5.69 Å². The molecule has 0 amide bonds. The standard InChI is InChI=1S/C15H15N.C2HF3O2/c1-10-15(2,3)14-12-7-5-4-6-11(12)8-9-13(14)16-10;3-2(4,5)1(6)7/h4-9H,1-3H3;(H,6,7). The number of rotatable bonds is 0.